The second kappa shape index (κ2) is 10.2. The van der Waals surface area contributed by atoms with Gasteiger partial charge in [0, 0.05) is 24.3 Å². The van der Waals surface area contributed by atoms with Gasteiger partial charge in [0.25, 0.3) is 5.91 Å². The van der Waals surface area contributed by atoms with Crippen LogP contribution >= 0.6 is 12.2 Å². The predicted octanol–water partition coefficient (Wildman–Crippen LogP) is 3.78. The zero-order valence-corrected chi connectivity index (χ0v) is 19.3. The molecule has 166 valence electrons. The molecule has 1 amide bonds. The van der Waals surface area contributed by atoms with E-state index in [1.165, 1.54) is 10.7 Å². The lowest BCUT2D eigenvalue weighted by Crippen LogP contribution is -2.38. The van der Waals surface area contributed by atoms with Crippen molar-refractivity contribution in [3.8, 4) is 5.75 Å². The van der Waals surface area contributed by atoms with Crippen molar-refractivity contribution in [1.82, 2.24) is 9.62 Å². The van der Waals surface area contributed by atoms with Crippen molar-refractivity contribution in [3.63, 3.8) is 0 Å². The topological polar surface area (TPSA) is 87.7 Å². The number of carbonyl (C=O) groups is 1. The van der Waals surface area contributed by atoms with E-state index in [0.29, 0.717) is 17.0 Å². The van der Waals surface area contributed by atoms with Crippen LogP contribution in [0.2, 0.25) is 0 Å². The van der Waals surface area contributed by atoms with Crippen LogP contribution in [0.15, 0.2) is 53.4 Å². The molecule has 0 aromatic heterocycles. The van der Waals surface area contributed by atoms with E-state index in [1.807, 2.05) is 0 Å². The third-order valence-electron chi connectivity index (χ3n) is 5.46. The zero-order chi connectivity index (χ0) is 22.4. The first-order chi connectivity index (χ1) is 14.8. The van der Waals surface area contributed by atoms with Gasteiger partial charge in [-0.2, -0.15) is 4.31 Å². The second-order valence-electron chi connectivity index (χ2n) is 7.47. The van der Waals surface area contributed by atoms with Gasteiger partial charge in [-0.3, -0.25) is 10.1 Å². The highest BCUT2D eigenvalue weighted by Crippen LogP contribution is 2.27. The number of rotatable bonds is 6. The van der Waals surface area contributed by atoms with Crippen molar-refractivity contribution >= 4 is 38.9 Å². The Kier molecular flexibility index (Phi) is 7.64. The Labute approximate surface area is 188 Å². The number of thiocarbonyl (C=S) groups is 1. The number of benzene rings is 2. The number of nitrogens with one attached hydrogen (secondary N) is 2. The van der Waals surface area contributed by atoms with E-state index >= 15 is 0 Å². The number of nitrogens with zero attached hydrogens (tertiary/aromatic N) is 1. The van der Waals surface area contributed by atoms with E-state index in [4.69, 9.17) is 17.0 Å². The third-order valence-corrected chi connectivity index (χ3v) is 7.59. The molecule has 0 saturated heterocycles. The van der Waals surface area contributed by atoms with Gasteiger partial charge < -0.3 is 10.1 Å². The maximum atomic E-state index is 12.9. The third kappa shape index (κ3) is 5.81. The summed E-state index contributed by atoms with van der Waals surface area (Å²) in [7, 11) is -0.344. The molecule has 1 saturated carbocycles. The van der Waals surface area contributed by atoms with Gasteiger partial charge in [-0.15, -0.1) is 0 Å². The SMILES string of the molecule is COc1ccc(C(=O)NC(=S)Nc2ccc(S(=O)(=O)N(C)C3CCCCC3)cc2)cc1. The Hall–Kier alpha value is -2.49. The molecule has 2 aromatic rings. The van der Waals surface area contributed by atoms with Crippen LogP contribution in [0, 0.1) is 0 Å². The van der Waals surface area contributed by atoms with E-state index in [0.717, 1.165) is 25.7 Å². The monoisotopic (exact) mass is 461 g/mol. The van der Waals surface area contributed by atoms with E-state index < -0.39 is 10.0 Å². The van der Waals surface area contributed by atoms with Crippen molar-refractivity contribution < 1.29 is 17.9 Å². The van der Waals surface area contributed by atoms with E-state index in [9.17, 15) is 13.2 Å². The summed E-state index contributed by atoms with van der Waals surface area (Å²) in [5.41, 5.74) is 1.02. The van der Waals surface area contributed by atoms with Gasteiger partial charge in [0.2, 0.25) is 10.0 Å². The highest BCUT2D eigenvalue weighted by Gasteiger charge is 2.28. The van der Waals surface area contributed by atoms with Crippen molar-refractivity contribution in [2.45, 2.75) is 43.0 Å². The van der Waals surface area contributed by atoms with Gasteiger partial charge >= 0.3 is 0 Å². The Morgan fingerprint density at radius 3 is 2.23 bits per heavy atom. The zero-order valence-electron chi connectivity index (χ0n) is 17.6. The molecule has 1 aliphatic rings. The number of hydrogen-bond donors (Lipinski definition) is 2. The molecular weight excluding hydrogens is 434 g/mol. The molecule has 2 aromatic carbocycles. The molecule has 0 radical (unpaired) electrons. The van der Waals surface area contributed by atoms with Crippen LogP contribution in [-0.4, -0.2) is 43.9 Å². The largest absolute Gasteiger partial charge is 0.497 e. The van der Waals surface area contributed by atoms with E-state index in [2.05, 4.69) is 10.6 Å². The summed E-state index contributed by atoms with van der Waals surface area (Å²) in [6, 6.07) is 13.1. The van der Waals surface area contributed by atoms with E-state index in [1.54, 1.807) is 62.7 Å². The fourth-order valence-corrected chi connectivity index (χ4v) is 5.22. The Balaban J connectivity index is 1.60. The summed E-state index contributed by atoms with van der Waals surface area (Å²) in [5.74, 6) is 0.301. The van der Waals surface area contributed by atoms with Gasteiger partial charge in [0.15, 0.2) is 5.11 Å². The van der Waals surface area contributed by atoms with Crippen LogP contribution in [-0.2, 0) is 10.0 Å². The smallest absolute Gasteiger partial charge is 0.257 e. The minimum Gasteiger partial charge on any atom is -0.497 e. The average Bonchev–Trinajstić information content (AvgIpc) is 2.79. The van der Waals surface area contributed by atoms with Crippen molar-refractivity contribution in [2.75, 3.05) is 19.5 Å². The fourth-order valence-electron chi connectivity index (χ4n) is 3.60. The van der Waals surface area contributed by atoms with Gasteiger partial charge in [0.1, 0.15) is 5.75 Å². The van der Waals surface area contributed by atoms with Crippen LogP contribution in [0.1, 0.15) is 42.5 Å². The highest BCUT2D eigenvalue weighted by atomic mass is 32.2. The predicted molar refractivity (Wildman–Crippen MR) is 125 cm³/mol. The molecular formula is C22H27N3O4S2. The molecule has 31 heavy (non-hydrogen) atoms. The molecule has 0 atom stereocenters. The molecule has 9 heteroatoms. The van der Waals surface area contributed by atoms with Crippen LogP contribution in [0.4, 0.5) is 5.69 Å². The fraction of sp³-hybridized carbons (Fsp3) is 0.364. The van der Waals surface area contributed by atoms with Gasteiger partial charge in [0.05, 0.1) is 12.0 Å². The molecule has 7 nitrogen and oxygen atoms in total. The molecule has 0 bridgehead atoms. The Bertz CT molecular complexity index is 1020. The van der Waals surface area contributed by atoms with Crippen molar-refractivity contribution in [1.29, 1.82) is 0 Å². The average molecular weight is 462 g/mol. The number of sulfonamides is 1. The quantitative estimate of drug-likeness (QED) is 0.637. The Morgan fingerprint density at radius 2 is 1.65 bits per heavy atom. The number of hydrogen-bond acceptors (Lipinski definition) is 5. The van der Waals surface area contributed by atoms with Gasteiger partial charge in [-0.05, 0) is 73.6 Å². The number of anilines is 1. The van der Waals surface area contributed by atoms with Crippen molar-refractivity contribution in [2.24, 2.45) is 0 Å². The molecule has 0 spiro atoms. The summed E-state index contributed by atoms with van der Waals surface area (Å²) < 4.78 is 32.4. The number of carbonyl (C=O) groups excluding carboxylic acids is 1. The molecule has 1 aliphatic carbocycles. The second-order valence-corrected chi connectivity index (χ2v) is 9.88. The summed E-state index contributed by atoms with van der Waals surface area (Å²) in [6.45, 7) is 0. The first kappa shape index (κ1) is 23.2. The van der Waals surface area contributed by atoms with Crippen LogP contribution in [0.25, 0.3) is 0 Å². The maximum Gasteiger partial charge on any atom is 0.257 e. The molecule has 0 heterocycles. The lowest BCUT2D eigenvalue weighted by molar-refractivity contribution is 0.0977. The van der Waals surface area contributed by atoms with Gasteiger partial charge in [-0.1, -0.05) is 19.3 Å². The summed E-state index contributed by atoms with van der Waals surface area (Å²) in [6.07, 6.45) is 5.09. The summed E-state index contributed by atoms with van der Waals surface area (Å²) in [4.78, 5) is 12.5. The van der Waals surface area contributed by atoms with Crippen LogP contribution in [0.5, 0.6) is 5.75 Å². The standard InChI is InChI=1S/C22H27N3O4S2/c1-25(18-6-4-3-5-7-18)31(27,28)20-14-10-17(11-15-20)23-22(30)24-21(26)16-8-12-19(29-2)13-9-16/h8-15,18H,3-7H2,1-2H3,(H2,23,24,26,30). The number of amides is 1. The lowest BCUT2D eigenvalue weighted by atomic mass is 9.96. The molecule has 1 fully saturated rings. The molecule has 2 N–H and O–H groups in total. The van der Waals surface area contributed by atoms with Crippen molar-refractivity contribution in [3.05, 3.63) is 54.1 Å². The van der Waals surface area contributed by atoms with Crippen LogP contribution in [0.3, 0.4) is 0 Å². The summed E-state index contributed by atoms with van der Waals surface area (Å²) >= 11 is 5.20. The minimum atomic E-state index is -3.55. The Morgan fingerprint density at radius 1 is 1.03 bits per heavy atom. The lowest BCUT2D eigenvalue weighted by Gasteiger charge is -2.30. The molecule has 3 rings (SSSR count). The normalized spacial score (nSPS) is 14.8. The van der Waals surface area contributed by atoms with Crippen LogP contribution < -0.4 is 15.4 Å². The van der Waals surface area contributed by atoms with Gasteiger partial charge in [-0.25, -0.2) is 8.42 Å². The minimum absolute atomic E-state index is 0.0531. The number of ether oxygens (including phenoxy) is 1. The number of methoxy groups -OCH3 is 1. The van der Waals surface area contributed by atoms with E-state index in [-0.39, 0.29) is 22.0 Å². The maximum absolute atomic E-state index is 12.9. The molecule has 0 unspecified atom stereocenters. The molecule has 0 aliphatic heterocycles. The first-order valence-corrected chi connectivity index (χ1v) is 12.0. The highest BCUT2D eigenvalue weighted by molar-refractivity contribution is 7.89. The summed E-state index contributed by atoms with van der Waals surface area (Å²) in [5, 5.41) is 5.63. The first-order valence-electron chi connectivity index (χ1n) is 10.2.